The van der Waals surface area contributed by atoms with Crippen LogP contribution < -0.4 is 5.32 Å². The van der Waals surface area contributed by atoms with E-state index in [0.717, 1.165) is 46.7 Å². The molecular weight excluding hydrogens is 344 g/mol. The Morgan fingerprint density at radius 3 is 3.04 bits per heavy atom. The van der Waals surface area contributed by atoms with Gasteiger partial charge in [0.05, 0.1) is 15.2 Å². The largest absolute Gasteiger partial charge is 0.332 e. The van der Waals surface area contributed by atoms with Crippen molar-refractivity contribution in [1.29, 1.82) is 0 Å². The maximum absolute atomic E-state index is 12.6. The van der Waals surface area contributed by atoms with Gasteiger partial charge in [0, 0.05) is 30.8 Å². The molecule has 0 aliphatic carbocycles. The van der Waals surface area contributed by atoms with Crippen LogP contribution >= 0.6 is 22.9 Å². The predicted octanol–water partition coefficient (Wildman–Crippen LogP) is 3.96. The van der Waals surface area contributed by atoms with Crippen LogP contribution in [0.3, 0.4) is 0 Å². The number of hydrogen-bond acceptors (Lipinski definition) is 4. The van der Waals surface area contributed by atoms with E-state index in [1.54, 1.807) is 0 Å². The molecule has 0 fully saturated rings. The molecule has 0 saturated carbocycles. The smallest absolute Gasteiger partial charge is 0.229 e. The molecule has 0 radical (unpaired) electrons. The minimum atomic E-state index is -0.0443. The maximum atomic E-state index is 12.6. The second-order valence-corrected chi connectivity index (χ2v) is 7.59. The lowest BCUT2D eigenvalue weighted by Crippen LogP contribution is -2.30. The lowest BCUT2D eigenvalue weighted by atomic mass is 9.95. The van der Waals surface area contributed by atoms with Gasteiger partial charge in [-0.3, -0.25) is 4.79 Å². The molecule has 2 aromatic heterocycles. The second kappa shape index (κ2) is 5.86. The summed E-state index contributed by atoms with van der Waals surface area (Å²) in [5.41, 5.74) is 3.05. The Kier molecular flexibility index (Phi) is 3.81. The van der Waals surface area contributed by atoms with Gasteiger partial charge in [0.2, 0.25) is 5.91 Å². The molecule has 0 saturated heterocycles. The predicted molar refractivity (Wildman–Crippen MR) is 96.8 cm³/mol. The van der Waals surface area contributed by atoms with Crippen LogP contribution in [0, 0.1) is 19.8 Å². The molecule has 1 aliphatic heterocycles. The number of carbonyl (C=O) groups excluding carboxylic acids is 1. The number of fused-ring (bicyclic) bond motifs is 2. The van der Waals surface area contributed by atoms with E-state index in [0.29, 0.717) is 10.2 Å². The zero-order valence-corrected chi connectivity index (χ0v) is 15.0. The summed E-state index contributed by atoms with van der Waals surface area (Å²) in [5, 5.41) is 4.26. The molecule has 1 atom stereocenters. The highest BCUT2D eigenvalue weighted by molar-refractivity contribution is 7.23. The molecule has 1 aromatic carbocycles. The number of amides is 1. The van der Waals surface area contributed by atoms with Crippen molar-refractivity contribution in [2.45, 2.75) is 33.2 Å². The average Bonchev–Trinajstić information content (AvgIpc) is 3.16. The van der Waals surface area contributed by atoms with Crippen molar-refractivity contribution in [2.24, 2.45) is 5.92 Å². The third-order valence-electron chi connectivity index (χ3n) is 4.59. The summed E-state index contributed by atoms with van der Waals surface area (Å²) in [6.45, 7) is 4.83. The Bertz CT molecular complexity index is 907. The van der Waals surface area contributed by atoms with Crippen LogP contribution in [0.25, 0.3) is 10.2 Å². The van der Waals surface area contributed by atoms with Crippen molar-refractivity contribution >= 4 is 44.2 Å². The average molecular weight is 361 g/mol. The number of rotatable bonds is 2. The van der Waals surface area contributed by atoms with Crippen LogP contribution in [-0.2, 0) is 17.8 Å². The molecule has 0 spiro atoms. The Hall–Kier alpha value is -1.92. The number of nitrogens with one attached hydrogen (secondary N) is 1. The first-order valence-corrected chi connectivity index (χ1v) is 9.10. The molecule has 5 nitrogen and oxygen atoms in total. The molecule has 3 aromatic rings. The number of hydrogen-bond donors (Lipinski definition) is 1. The number of aryl methyl sites for hydroxylation is 2. The highest BCUT2D eigenvalue weighted by Crippen LogP contribution is 2.34. The topological polar surface area (TPSA) is 59.8 Å². The zero-order chi connectivity index (χ0) is 16.8. The van der Waals surface area contributed by atoms with E-state index in [9.17, 15) is 4.79 Å². The SMILES string of the molecule is Cc1ccc(Cl)c2sc(NC(=O)C3CCn4c(cnc4C)C3)nc12. The van der Waals surface area contributed by atoms with E-state index in [1.165, 1.54) is 11.3 Å². The number of nitrogens with zero attached hydrogens (tertiary/aromatic N) is 3. The first kappa shape index (κ1) is 15.6. The van der Waals surface area contributed by atoms with Gasteiger partial charge in [0.1, 0.15) is 5.82 Å². The number of thiazole rings is 1. The van der Waals surface area contributed by atoms with Crippen molar-refractivity contribution in [3.63, 3.8) is 0 Å². The van der Waals surface area contributed by atoms with Gasteiger partial charge >= 0.3 is 0 Å². The summed E-state index contributed by atoms with van der Waals surface area (Å²) < 4.78 is 3.11. The normalized spacial score (nSPS) is 17.0. The first-order valence-electron chi connectivity index (χ1n) is 7.90. The number of benzene rings is 1. The minimum Gasteiger partial charge on any atom is -0.332 e. The van der Waals surface area contributed by atoms with E-state index in [1.807, 2.05) is 32.2 Å². The highest BCUT2D eigenvalue weighted by atomic mass is 35.5. The van der Waals surface area contributed by atoms with E-state index in [2.05, 4.69) is 19.9 Å². The summed E-state index contributed by atoms with van der Waals surface area (Å²) in [6.07, 6.45) is 3.41. The molecule has 0 bridgehead atoms. The maximum Gasteiger partial charge on any atom is 0.229 e. The van der Waals surface area contributed by atoms with Gasteiger partial charge < -0.3 is 9.88 Å². The fraction of sp³-hybridized carbons (Fsp3) is 0.353. The lowest BCUT2D eigenvalue weighted by Gasteiger charge is -2.23. The second-order valence-electron chi connectivity index (χ2n) is 6.19. The van der Waals surface area contributed by atoms with Gasteiger partial charge in [-0.1, -0.05) is 29.0 Å². The molecule has 1 aliphatic rings. The van der Waals surface area contributed by atoms with Crippen LogP contribution in [0.2, 0.25) is 5.02 Å². The molecule has 24 heavy (non-hydrogen) atoms. The summed E-state index contributed by atoms with van der Waals surface area (Å²) in [4.78, 5) is 21.5. The lowest BCUT2D eigenvalue weighted by molar-refractivity contribution is -0.120. The Labute approximate surface area is 148 Å². The van der Waals surface area contributed by atoms with Crippen molar-refractivity contribution < 1.29 is 4.79 Å². The summed E-state index contributed by atoms with van der Waals surface area (Å²) in [7, 11) is 0. The molecule has 1 amide bonds. The highest BCUT2D eigenvalue weighted by Gasteiger charge is 2.26. The van der Waals surface area contributed by atoms with Crippen LogP contribution in [0.1, 0.15) is 23.5 Å². The third kappa shape index (κ3) is 2.59. The molecule has 124 valence electrons. The number of anilines is 1. The molecule has 7 heteroatoms. The Morgan fingerprint density at radius 1 is 1.42 bits per heavy atom. The summed E-state index contributed by atoms with van der Waals surface area (Å²) >= 11 is 7.66. The Morgan fingerprint density at radius 2 is 2.25 bits per heavy atom. The van der Waals surface area contributed by atoms with Gasteiger partial charge in [-0.25, -0.2) is 9.97 Å². The van der Waals surface area contributed by atoms with Gasteiger partial charge in [0.25, 0.3) is 0 Å². The number of imidazole rings is 1. The van der Waals surface area contributed by atoms with Crippen LogP contribution in [-0.4, -0.2) is 20.4 Å². The van der Waals surface area contributed by atoms with Crippen LogP contribution in [0.4, 0.5) is 5.13 Å². The Balaban J connectivity index is 1.55. The minimum absolute atomic E-state index is 0.0212. The summed E-state index contributed by atoms with van der Waals surface area (Å²) in [6, 6.07) is 3.81. The van der Waals surface area contributed by atoms with Gasteiger partial charge in [-0.2, -0.15) is 0 Å². The molecule has 1 unspecified atom stereocenters. The van der Waals surface area contributed by atoms with E-state index in [-0.39, 0.29) is 11.8 Å². The van der Waals surface area contributed by atoms with Crippen molar-refractivity contribution in [3.8, 4) is 0 Å². The van der Waals surface area contributed by atoms with Crippen molar-refractivity contribution in [2.75, 3.05) is 5.32 Å². The quantitative estimate of drug-likeness (QED) is 0.752. The molecule has 4 rings (SSSR count). The molecule has 3 heterocycles. The van der Waals surface area contributed by atoms with Crippen molar-refractivity contribution in [3.05, 3.63) is 40.4 Å². The third-order valence-corrected chi connectivity index (χ3v) is 6.02. The van der Waals surface area contributed by atoms with Crippen LogP contribution in [0.5, 0.6) is 0 Å². The van der Waals surface area contributed by atoms with Gasteiger partial charge in [-0.15, -0.1) is 0 Å². The van der Waals surface area contributed by atoms with Crippen LogP contribution in [0.15, 0.2) is 18.3 Å². The van der Waals surface area contributed by atoms with E-state index >= 15 is 0 Å². The number of aromatic nitrogens is 3. The fourth-order valence-electron chi connectivity index (χ4n) is 3.21. The molecular formula is C17H17ClN4OS. The number of carbonyl (C=O) groups is 1. The van der Waals surface area contributed by atoms with Gasteiger partial charge in [0.15, 0.2) is 5.13 Å². The standard InChI is InChI=1S/C17H17ClN4OS/c1-9-3-4-13(18)15-14(9)20-17(24-15)21-16(23)11-5-6-22-10(2)19-8-12(22)7-11/h3-4,8,11H,5-7H2,1-2H3,(H,20,21,23). The van der Waals surface area contributed by atoms with Gasteiger partial charge in [-0.05, 0) is 31.9 Å². The first-order chi connectivity index (χ1) is 11.5. The van der Waals surface area contributed by atoms with Crippen molar-refractivity contribution in [1.82, 2.24) is 14.5 Å². The fourth-order valence-corrected chi connectivity index (χ4v) is 4.43. The molecule has 1 N–H and O–H groups in total. The number of halogens is 1. The van der Waals surface area contributed by atoms with E-state index in [4.69, 9.17) is 11.6 Å². The van der Waals surface area contributed by atoms with E-state index < -0.39 is 0 Å². The monoisotopic (exact) mass is 360 g/mol. The summed E-state index contributed by atoms with van der Waals surface area (Å²) in [5.74, 6) is 0.991. The zero-order valence-electron chi connectivity index (χ0n) is 13.5.